The van der Waals surface area contributed by atoms with E-state index in [1.54, 1.807) is 0 Å². The third kappa shape index (κ3) is 3.28. The second-order valence-corrected chi connectivity index (χ2v) is 5.62. The molecule has 0 saturated heterocycles. The highest BCUT2D eigenvalue weighted by Crippen LogP contribution is 2.35. The number of para-hydroxylation sites is 1. The lowest BCUT2D eigenvalue weighted by Gasteiger charge is -2.47. The summed E-state index contributed by atoms with van der Waals surface area (Å²) < 4.78 is 5.66. The van der Waals surface area contributed by atoms with E-state index in [4.69, 9.17) is 4.74 Å². The van der Waals surface area contributed by atoms with Gasteiger partial charge in [-0.15, -0.1) is 0 Å². The second kappa shape index (κ2) is 6.40. The molecule has 0 aromatic heterocycles. The summed E-state index contributed by atoms with van der Waals surface area (Å²) in [6.07, 6.45) is 3.97. The zero-order valence-corrected chi connectivity index (χ0v) is 12.4. The van der Waals surface area contributed by atoms with Crippen molar-refractivity contribution in [3.8, 4) is 5.75 Å². The molecule has 1 aliphatic rings. The van der Waals surface area contributed by atoms with E-state index >= 15 is 0 Å². The molecule has 1 N–H and O–H groups in total. The van der Waals surface area contributed by atoms with Crippen LogP contribution in [0.15, 0.2) is 24.3 Å². The average Bonchev–Trinajstić information content (AvgIpc) is 2.34. The summed E-state index contributed by atoms with van der Waals surface area (Å²) in [6.45, 7) is 4.68. The van der Waals surface area contributed by atoms with Gasteiger partial charge in [0.2, 0.25) is 0 Å². The van der Waals surface area contributed by atoms with Crippen molar-refractivity contribution in [2.45, 2.75) is 38.3 Å². The van der Waals surface area contributed by atoms with Gasteiger partial charge in [0.1, 0.15) is 5.75 Å². The fourth-order valence-electron chi connectivity index (χ4n) is 2.74. The maximum absolute atomic E-state index is 5.66. The molecule has 1 aromatic rings. The van der Waals surface area contributed by atoms with Crippen molar-refractivity contribution >= 4 is 0 Å². The molecule has 0 unspecified atom stereocenters. The predicted octanol–water partition coefficient (Wildman–Crippen LogP) is 2.66. The van der Waals surface area contributed by atoms with Gasteiger partial charge in [0.05, 0.1) is 6.61 Å². The number of likely N-dealkylation sites (N-methyl/N-ethyl adjacent to an activating group) is 1. The van der Waals surface area contributed by atoms with Crippen molar-refractivity contribution in [1.82, 2.24) is 10.2 Å². The van der Waals surface area contributed by atoms with E-state index in [0.29, 0.717) is 5.54 Å². The minimum Gasteiger partial charge on any atom is -0.494 e. The molecule has 0 amide bonds. The highest BCUT2D eigenvalue weighted by atomic mass is 16.5. The minimum absolute atomic E-state index is 0.376. The van der Waals surface area contributed by atoms with E-state index in [9.17, 15) is 0 Å². The first-order valence-corrected chi connectivity index (χ1v) is 7.27. The monoisotopic (exact) mass is 262 g/mol. The molecule has 3 nitrogen and oxygen atoms in total. The average molecular weight is 262 g/mol. The van der Waals surface area contributed by atoms with E-state index < -0.39 is 0 Å². The summed E-state index contributed by atoms with van der Waals surface area (Å²) in [6, 6.07) is 8.29. The summed E-state index contributed by atoms with van der Waals surface area (Å²) in [4.78, 5) is 2.37. The van der Waals surface area contributed by atoms with Crippen LogP contribution in [0.25, 0.3) is 0 Å². The SMILES string of the molecule is CCOc1ccccc1CNCC1(N(C)C)CCC1. The third-order valence-electron chi connectivity index (χ3n) is 4.27. The maximum Gasteiger partial charge on any atom is 0.123 e. The van der Waals surface area contributed by atoms with Crippen LogP contribution in [0.2, 0.25) is 0 Å². The lowest BCUT2D eigenvalue weighted by atomic mass is 9.75. The molecule has 1 fully saturated rings. The Bertz CT molecular complexity index is 399. The summed E-state index contributed by atoms with van der Waals surface area (Å²) in [5.74, 6) is 1.00. The number of benzene rings is 1. The molecule has 0 radical (unpaired) electrons. The van der Waals surface area contributed by atoms with Crippen molar-refractivity contribution < 1.29 is 4.74 Å². The Labute approximate surface area is 116 Å². The van der Waals surface area contributed by atoms with Gasteiger partial charge in [-0.2, -0.15) is 0 Å². The standard InChI is InChI=1S/C16H26N2O/c1-4-19-15-9-6-5-8-14(15)12-17-13-16(18(2)3)10-7-11-16/h5-6,8-9,17H,4,7,10-13H2,1-3H3. The molecule has 3 heteroatoms. The largest absolute Gasteiger partial charge is 0.494 e. The van der Waals surface area contributed by atoms with Crippen LogP contribution in [-0.4, -0.2) is 37.7 Å². The lowest BCUT2D eigenvalue weighted by molar-refractivity contribution is 0.0597. The molecule has 0 spiro atoms. The molecule has 0 heterocycles. The van der Waals surface area contributed by atoms with Crippen molar-refractivity contribution in [3.63, 3.8) is 0 Å². The Hall–Kier alpha value is -1.06. The van der Waals surface area contributed by atoms with Crippen LogP contribution >= 0.6 is 0 Å². The van der Waals surface area contributed by atoms with E-state index in [-0.39, 0.29) is 0 Å². The van der Waals surface area contributed by atoms with Crippen LogP contribution in [0, 0.1) is 0 Å². The quantitative estimate of drug-likeness (QED) is 0.817. The highest BCUT2D eigenvalue weighted by molar-refractivity contribution is 5.33. The molecule has 1 aromatic carbocycles. The molecule has 0 aliphatic heterocycles. The molecule has 2 rings (SSSR count). The zero-order valence-electron chi connectivity index (χ0n) is 12.4. The number of rotatable bonds is 7. The molecule has 106 valence electrons. The molecular weight excluding hydrogens is 236 g/mol. The summed E-state index contributed by atoms with van der Waals surface area (Å²) in [5, 5.41) is 3.60. The molecule has 0 bridgehead atoms. The Morgan fingerprint density at radius 2 is 2.00 bits per heavy atom. The predicted molar refractivity (Wildman–Crippen MR) is 79.6 cm³/mol. The zero-order chi connectivity index (χ0) is 13.7. The van der Waals surface area contributed by atoms with E-state index in [1.165, 1.54) is 24.8 Å². The van der Waals surface area contributed by atoms with Gasteiger partial charge in [-0.3, -0.25) is 0 Å². The third-order valence-corrected chi connectivity index (χ3v) is 4.27. The van der Waals surface area contributed by atoms with Gasteiger partial charge in [0.15, 0.2) is 0 Å². The summed E-state index contributed by atoms with van der Waals surface area (Å²) in [7, 11) is 4.38. The van der Waals surface area contributed by atoms with Gasteiger partial charge < -0.3 is 15.0 Å². The van der Waals surface area contributed by atoms with Gasteiger partial charge in [0, 0.05) is 24.2 Å². The van der Waals surface area contributed by atoms with Crippen LogP contribution < -0.4 is 10.1 Å². The maximum atomic E-state index is 5.66. The van der Waals surface area contributed by atoms with Crippen LogP contribution in [0.5, 0.6) is 5.75 Å². The Morgan fingerprint density at radius 1 is 1.26 bits per heavy atom. The van der Waals surface area contributed by atoms with E-state index in [1.807, 2.05) is 19.1 Å². The van der Waals surface area contributed by atoms with Crippen LogP contribution in [0.1, 0.15) is 31.7 Å². The normalized spacial score (nSPS) is 17.3. The smallest absolute Gasteiger partial charge is 0.123 e. The fourth-order valence-corrected chi connectivity index (χ4v) is 2.74. The first-order valence-electron chi connectivity index (χ1n) is 7.27. The van der Waals surface area contributed by atoms with Gasteiger partial charge >= 0.3 is 0 Å². The second-order valence-electron chi connectivity index (χ2n) is 5.62. The highest BCUT2D eigenvalue weighted by Gasteiger charge is 2.38. The van der Waals surface area contributed by atoms with Crippen molar-refractivity contribution in [1.29, 1.82) is 0 Å². The fraction of sp³-hybridized carbons (Fsp3) is 0.625. The van der Waals surface area contributed by atoms with Crippen molar-refractivity contribution in [3.05, 3.63) is 29.8 Å². The van der Waals surface area contributed by atoms with Gasteiger partial charge in [-0.05, 0) is 46.3 Å². The molecule has 1 saturated carbocycles. The number of ether oxygens (including phenoxy) is 1. The summed E-state index contributed by atoms with van der Waals surface area (Å²) in [5.41, 5.74) is 1.62. The van der Waals surface area contributed by atoms with Gasteiger partial charge in [0.25, 0.3) is 0 Å². The number of hydrogen-bond acceptors (Lipinski definition) is 3. The van der Waals surface area contributed by atoms with Crippen LogP contribution in [0.4, 0.5) is 0 Å². The molecule has 19 heavy (non-hydrogen) atoms. The molecule has 0 atom stereocenters. The molecular formula is C16H26N2O. The van der Waals surface area contributed by atoms with E-state index in [2.05, 4.69) is 36.4 Å². The van der Waals surface area contributed by atoms with Crippen LogP contribution in [0.3, 0.4) is 0 Å². The van der Waals surface area contributed by atoms with Gasteiger partial charge in [-0.1, -0.05) is 18.2 Å². The van der Waals surface area contributed by atoms with Crippen molar-refractivity contribution in [2.24, 2.45) is 0 Å². The first kappa shape index (κ1) is 14.4. The topological polar surface area (TPSA) is 24.5 Å². The van der Waals surface area contributed by atoms with Crippen molar-refractivity contribution in [2.75, 3.05) is 27.2 Å². The lowest BCUT2D eigenvalue weighted by Crippen LogP contribution is -2.56. The van der Waals surface area contributed by atoms with Gasteiger partial charge in [-0.25, -0.2) is 0 Å². The summed E-state index contributed by atoms with van der Waals surface area (Å²) >= 11 is 0. The minimum atomic E-state index is 0.376. The first-order chi connectivity index (χ1) is 9.18. The number of nitrogens with one attached hydrogen (secondary N) is 1. The number of nitrogens with zero attached hydrogens (tertiary/aromatic N) is 1. The molecule has 1 aliphatic carbocycles. The Kier molecular flexibility index (Phi) is 4.83. The van der Waals surface area contributed by atoms with Crippen LogP contribution in [-0.2, 0) is 6.54 Å². The Morgan fingerprint density at radius 3 is 2.58 bits per heavy atom. The Balaban J connectivity index is 1.89. The number of hydrogen-bond donors (Lipinski definition) is 1. The van der Waals surface area contributed by atoms with E-state index in [0.717, 1.165) is 25.4 Å².